The summed E-state index contributed by atoms with van der Waals surface area (Å²) in [5.41, 5.74) is -0.107. The molecule has 110 valence electrons. The first-order valence-corrected chi connectivity index (χ1v) is 6.82. The average Bonchev–Trinajstić information content (AvgIpc) is 3.27. The first-order valence-electron chi connectivity index (χ1n) is 6.82. The van der Waals surface area contributed by atoms with E-state index in [0.717, 1.165) is 13.1 Å². The van der Waals surface area contributed by atoms with Crippen LogP contribution in [0.15, 0.2) is 6.33 Å². The Morgan fingerprint density at radius 2 is 2.15 bits per heavy atom. The van der Waals surface area contributed by atoms with Crippen LogP contribution >= 0.6 is 0 Å². The molecule has 0 amide bonds. The third-order valence-corrected chi connectivity index (χ3v) is 3.40. The van der Waals surface area contributed by atoms with E-state index in [-0.39, 0.29) is 17.3 Å². The van der Waals surface area contributed by atoms with Gasteiger partial charge in [-0.1, -0.05) is 6.92 Å². The zero-order valence-electron chi connectivity index (χ0n) is 11.8. The molecule has 1 aromatic rings. The molecular formula is C12H20N6O2. The van der Waals surface area contributed by atoms with Crippen LogP contribution in [0.25, 0.3) is 0 Å². The van der Waals surface area contributed by atoms with Crippen LogP contribution in [0.1, 0.15) is 19.8 Å². The number of rotatable bonds is 8. The Bertz CT molecular complexity index is 477. The van der Waals surface area contributed by atoms with Crippen molar-refractivity contribution in [3.05, 3.63) is 16.4 Å². The maximum Gasteiger partial charge on any atom is 0.353 e. The molecule has 1 aliphatic rings. The van der Waals surface area contributed by atoms with Crippen molar-refractivity contribution in [2.45, 2.75) is 25.8 Å². The van der Waals surface area contributed by atoms with E-state index in [0.29, 0.717) is 12.6 Å². The Labute approximate surface area is 117 Å². The van der Waals surface area contributed by atoms with E-state index in [2.05, 4.69) is 32.4 Å². The third-order valence-electron chi connectivity index (χ3n) is 3.40. The number of hydrogen-bond donors (Lipinski definition) is 2. The predicted molar refractivity (Wildman–Crippen MR) is 77.0 cm³/mol. The fourth-order valence-corrected chi connectivity index (χ4v) is 2.22. The maximum absolute atomic E-state index is 11.1. The number of aromatic nitrogens is 2. The molecule has 0 aliphatic heterocycles. The van der Waals surface area contributed by atoms with Crippen molar-refractivity contribution in [3.8, 4) is 0 Å². The third kappa shape index (κ3) is 3.32. The molecule has 8 nitrogen and oxygen atoms in total. The number of nitrogens with zero attached hydrogens (tertiary/aromatic N) is 4. The molecule has 0 spiro atoms. The number of anilines is 2. The molecule has 2 rings (SSSR count). The normalized spacial score (nSPS) is 14.3. The summed E-state index contributed by atoms with van der Waals surface area (Å²) >= 11 is 0. The van der Waals surface area contributed by atoms with E-state index in [4.69, 9.17) is 0 Å². The molecular weight excluding hydrogens is 260 g/mol. The summed E-state index contributed by atoms with van der Waals surface area (Å²) in [4.78, 5) is 20.8. The van der Waals surface area contributed by atoms with E-state index >= 15 is 0 Å². The molecule has 1 saturated carbocycles. The number of nitro groups is 1. The lowest BCUT2D eigenvalue weighted by molar-refractivity contribution is -0.383. The van der Waals surface area contributed by atoms with Crippen LogP contribution in [-0.4, -0.2) is 52.5 Å². The van der Waals surface area contributed by atoms with Gasteiger partial charge in [0.05, 0.1) is 4.92 Å². The van der Waals surface area contributed by atoms with Crippen LogP contribution in [0.4, 0.5) is 17.3 Å². The smallest absolute Gasteiger partial charge is 0.353 e. The Balaban J connectivity index is 1.99. The van der Waals surface area contributed by atoms with Crippen molar-refractivity contribution in [1.82, 2.24) is 14.9 Å². The van der Waals surface area contributed by atoms with Gasteiger partial charge in [-0.15, -0.1) is 0 Å². The summed E-state index contributed by atoms with van der Waals surface area (Å²) in [5.74, 6) is 0.489. The monoisotopic (exact) mass is 280 g/mol. The van der Waals surface area contributed by atoms with E-state index in [1.807, 2.05) is 0 Å². The second-order valence-corrected chi connectivity index (χ2v) is 4.71. The van der Waals surface area contributed by atoms with Gasteiger partial charge in [0.2, 0.25) is 11.6 Å². The van der Waals surface area contributed by atoms with Gasteiger partial charge in [-0.2, -0.15) is 0 Å². The van der Waals surface area contributed by atoms with Gasteiger partial charge in [0.25, 0.3) is 0 Å². The zero-order chi connectivity index (χ0) is 14.5. The molecule has 0 saturated heterocycles. The average molecular weight is 280 g/mol. The fraction of sp³-hybridized carbons (Fsp3) is 0.667. The molecule has 0 atom stereocenters. The molecule has 1 aliphatic carbocycles. The second-order valence-electron chi connectivity index (χ2n) is 4.71. The topological polar surface area (TPSA) is 96.2 Å². The summed E-state index contributed by atoms with van der Waals surface area (Å²) in [6.45, 7) is 4.62. The summed E-state index contributed by atoms with van der Waals surface area (Å²) in [6, 6.07) is 0.690. The van der Waals surface area contributed by atoms with E-state index in [1.54, 1.807) is 7.05 Å². The molecule has 1 heterocycles. The number of likely N-dealkylation sites (N-methyl/N-ethyl adjacent to an activating group) is 1. The molecule has 1 fully saturated rings. The maximum atomic E-state index is 11.1. The van der Waals surface area contributed by atoms with E-state index < -0.39 is 4.92 Å². The first-order chi connectivity index (χ1) is 9.67. The number of hydrogen-bond acceptors (Lipinski definition) is 7. The molecule has 0 aromatic carbocycles. The molecule has 1 aromatic heterocycles. The quantitative estimate of drug-likeness (QED) is 0.547. The predicted octanol–water partition coefficient (Wildman–Crippen LogP) is 1.32. The molecule has 8 heteroatoms. The summed E-state index contributed by atoms with van der Waals surface area (Å²) in [6.07, 6.45) is 3.83. The van der Waals surface area contributed by atoms with Crippen molar-refractivity contribution in [2.24, 2.45) is 0 Å². The van der Waals surface area contributed by atoms with Crippen LogP contribution in [0.5, 0.6) is 0 Å². The van der Waals surface area contributed by atoms with Crippen LogP contribution in [0.3, 0.4) is 0 Å². The van der Waals surface area contributed by atoms with E-state index in [1.165, 1.54) is 19.2 Å². The van der Waals surface area contributed by atoms with Crippen molar-refractivity contribution in [1.29, 1.82) is 0 Å². The summed E-state index contributed by atoms with van der Waals surface area (Å²) in [5, 5.41) is 16.9. The van der Waals surface area contributed by atoms with Gasteiger partial charge in [0.15, 0.2) is 0 Å². The Kier molecular flexibility index (Phi) is 4.67. The lowest BCUT2D eigenvalue weighted by Gasteiger charge is -2.19. The summed E-state index contributed by atoms with van der Waals surface area (Å²) < 4.78 is 0. The van der Waals surface area contributed by atoms with Crippen molar-refractivity contribution < 1.29 is 4.92 Å². The second kappa shape index (κ2) is 6.47. The van der Waals surface area contributed by atoms with Gasteiger partial charge in [-0.25, -0.2) is 9.97 Å². The molecule has 2 N–H and O–H groups in total. The van der Waals surface area contributed by atoms with Gasteiger partial charge in [-0.05, 0) is 19.4 Å². The minimum Gasteiger partial charge on any atom is -0.367 e. The van der Waals surface area contributed by atoms with Crippen molar-refractivity contribution in [2.75, 3.05) is 37.3 Å². The molecule has 20 heavy (non-hydrogen) atoms. The lowest BCUT2D eigenvalue weighted by Crippen LogP contribution is -2.31. The fourth-order valence-electron chi connectivity index (χ4n) is 2.22. The highest BCUT2D eigenvalue weighted by Gasteiger charge is 2.27. The number of nitrogens with one attached hydrogen (secondary N) is 2. The first kappa shape index (κ1) is 14.4. The van der Waals surface area contributed by atoms with Crippen molar-refractivity contribution in [3.63, 3.8) is 0 Å². The lowest BCUT2D eigenvalue weighted by atomic mass is 10.4. The van der Waals surface area contributed by atoms with Crippen LogP contribution in [0, 0.1) is 10.1 Å². The zero-order valence-corrected chi connectivity index (χ0v) is 11.8. The van der Waals surface area contributed by atoms with Gasteiger partial charge in [0.1, 0.15) is 6.33 Å². The van der Waals surface area contributed by atoms with Crippen molar-refractivity contribution >= 4 is 17.3 Å². The Hall–Kier alpha value is -1.96. The SMILES string of the molecule is CCN(CCNc1ncnc(NC)c1[N+](=O)[O-])C1CC1. The highest BCUT2D eigenvalue weighted by Crippen LogP contribution is 2.29. The molecule has 0 radical (unpaired) electrons. The highest BCUT2D eigenvalue weighted by atomic mass is 16.6. The van der Waals surface area contributed by atoms with Gasteiger partial charge in [0, 0.05) is 26.2 Å². The van der Waals surface area contributed by atoms with E-state index in [9.17, 15) is 10.1 Å². The molecule has 0 bridgehead atoms. The van der Waals surface area contributed by atoms with Crippen LogP contribution in [0.2, 0.25) is 0 Å². The highest BCUT2D eigenvalue weighted by molar-refractivity contribution is 5.68. The van der Waals surface area contributed by atoms with Gasteiger partial charge < -0.3 is 10.6 Å². The van der Waals surface area contributed by atoms with Crippen LogP contribution in [-0.2, 0) is 0 Å². The Morgan fingerprint density at radius 3 is 2.70 bits per heavy atom. The largest absolute Gasteiger partial charge is 0.367 e. The van der Waals surface area contributed by atoms with Gasteiger partial charge in [-0.3, -0.25) is 15.0 Å². The van der Waals surface area contributed by atoms with Crippen LogP contribution < -0.4 is 10.6 Å². The van der Waals surface area contributed by atoms with Gasteiger partial charge >= 0.3 is 5.69 Å². The standard InChI is InChI=1S/C12H20N6O2/c1-3-17(9-4-5-9)7-6-14-12-10(18(19)20)11(13-2)15-8-16-12/h8-9H,3-7H2,1-2H3,(H2,13,14,15,16). The minimum atomic E-state index is -0.466. The Morgan fingerprint density at radius 1 is 1.45 bits per heavy atom. The minimum absolute atomic E-state index is 0.107. The molecule has 0 unspecified atom stereocenters. The summed E-state index contributed by atoms with van der Waals surface area (Å²) in [7, 11) is 1.60.